The van der Waals surface area contributed by atoms with E-state index >= 15 is 0 Å². The van der Waals surface area contributed by atoms with Gasteiger partial charge in [0.1, 0.15) is 11.2 Å². The number of rotatable bonds is 2. The number of para-hydroxylation sites is 2. The molecule has 0 N–H and O–H groups in total. The Bertz CT molecular complexity index is 3320. The zero-order valence-electron chi connectivity index (χ0n) is 29.4. The summed E-state index contributed by atoms with van der Waals surface area (Å²) in [6, 6.07) is 60.2. The van der Waals surface area contributed by atoms with E-state index in [9.17, 15) is 0 Å². The highest BCUT2D eigenvalue weighted by Crippen LogP contribution is 2.56. The van der Waals surface area contributed by atoms with Gasteiger partial charge in [0.2, 0.25) is 0 Å². The summed E-state index contributed by atoms with van der Waals surface area (Å²) in [4.78, 5) is 0. The van der Waals surface area contributed by atoms with Crippen LogP contribution in [0.4, 0.5) is 0 Å². The molecule has 0 aliphatic heterocycles. The first-order valence-corrected chi connectivity index (χ1v) is 18.5. The molecule has 1 aliphatic carbocycles. The molecule has 11 aromatic rings. The van der Waals surface area contributed by atoms with E-state index in [1.807, 2.05) is 0 Å². The molecule has 12 rings (SSSR count). The van der Waals surface area contributed by atoms with Crippen molar-refractivity contribution in [3.63, 3.8) is 0 Å². The third kappa shape index (κ3) is 3.77. The van der Waals surface area contributed by atoms with Crippen molar-refractivity contribution in [3.05, 3.63) is 175 Å². The molecule has 0 spiro atoms. The standard InChI is InChI=1S/C51H33NO/c1-51(2)42-26-27-44-48(47(42)40-25-28-46-49(50(40)51)39-16-8-10-18-45(39)53-46)38-15-7-9-17-43(38)52(44)32-22-19-30(20-23-32)31-21-24-37-35-13-4-3-11-33(35)34-12-5-6-14-36(34)41(37)29-31/h3-29H,1-2H3. The highest BCUT2D eigenvalue weighted by molar-refractivity contribution is 6.26. The van der Waals surface area contributed by atoms with E-state index in [1.165, 1.54) is 98.3 Å². The summed E-state index contributed by atoms with van der Waals surface area (Å²) >= 11 is 0. The monoisotopic (exact) mass is 675 g/mol. The van der Waals surface area contributed by atoms with Crippen LogP contribution in [0.2, 0.25) is 0 Å². The van der Waals surface area contributed by atoms with E-state index < -0.39 is 0 Å². The Hall–Kier alpha value is -6.64. The first-order chi connectivity index (χ1) is 26.1. The van der Waals surface area contributed by atoms with Gasteiger partial charge in [-0.05, 0) is 108 Å². The Kier molecular flexibility index (Phi) is 5.60. The number of furan rings is 1. The van der Waals surface area contributed by atoms with Crippen molar-refractivity contribution in [2.24, 2.45) is 0 Å². The maximum Gasteiger partial charge on any atom is 0.135 e. The molecule has 0 saturated carbocycles. The van der Waals surface area contributed by atoms with Crippen LogP contribution in [0.5, 0.6) is 0 Å². The Morgan fingerprint density at radius 1 is 0.434 bits per heavy atom. The largest absolute Gasteiger partial charge is 0.456 e. The average molecular weight is 676 g/mol. The molecule has 0 bridgehead atoms. The average Bonchev–Trinajstić information content (AvgIpc) is 3.83. The van der Waals surface area contributed by atoms with Crippen LogP contribution in [0.15, 0.2) is 168 Å². The summed E-state index contributed by atoms with van der Waals surface area (Å²) in [5.41, 5.74) is 13.1. The lowest BCUT2D eigenvalue weighted by Gasteiger charge is -2.22. The number of benzene rings is 9. The predicted molar refractivity (Wildman–Crippen MR) is 224 cm³/mol. The van der Waals surface area contributed by atoms with Gasteiger partial charge in [-0.15, -0.1) is 0 Å². The second-order valence-electron chi connectivity index (χ2n) is 15.2. The summed E-state index contributed by atoms with van der Waals surface area (Å²) in [7, 11) is 0. The quantitative estimate of drug-likeness (QED) is 0.167. The summed E-state index contributed by atoms with van der Waals surface area (Å²) in [6.45, 7) is 4.75. The fraction of sp³-hybridized carbons (Fsp3) is 0.0588. The van der Waals surface area contributed by atoms with Gasteiger partial charge < -0.3 is 8.98 Å². The molecular formula is C51H33NO. The zero-order chi connectivity index (χ0) is 35.0. The van der Waals surface area contributed by atoms with Gasteiger partial charge in [-0.1, -0.05) is 135 Å². The van der Waals surface area contributed by atoms with Crippen LogP contribution in [0, 0.1) is 0 Å². The molecule has 53 heavy (non-hydrogen) atoms. The van der Waals surface area contributed by atoms with Crippen molar-refractivity contribution >= 4 is 76.1 Å². The van der Waals surface area contributed by atoms with Gasteiger partial charge in [0.05, 0.1) is 11.0 Å². The second kappa shape index (κ2) is 10.2. The molecule has 2 nitrogen and oxygen atoms in total. The van der Waals surface area contributed by atoms with Crippen LogP contribution in [0.3, 0.4) is 0 Å². The van der Waals surface area contributed by atoms with Gasteiger partial charge in [0, 0.05) is 32.6 Å². The maximum atomic E-state index is 6.38. The summed E-state index contributed by atoms with van der Waals surface area (Å²) in [5.74, 6) is 0. The van der Waals surface area contributed by atoms with Crippen molar-refractivity contribution in [3.8, 4) is 27.9 Å². The molecule has 248 valence electrons. The molecule has 0 atom stereocenters. The zero-order valence-corrected chi connectivity index (χ0v) is 29.4. The minimum Gasteiger partial charge on any atom is -0.456 e. The van der Waals surface area contributed by atoms with E-state index in [0.29, 0.717) is 0 Å². The molecule has 0 amide bonds. The SMILES string of the molecule is CC1(C)c2ccc3c(c2-c2ccc4oc5ccccc5c4c21)c1ccccc1n3-c1ccc(-c2ccc3c4ccccc4c4ccccc4c3c2)cc1. The molecule has 0 radical (unpaired) electrons. The van der Waals surface area contributed by atoms with E-state index in [0.717, 1.165) is 16.9 Å². The van der Waals surface area contributed by atoms with Gasteiger partial charge in [0.25, 0.3) is 0 Å². The Labute approximate surface area is 306 Å². The minimum atomic E-state index is -0.187. The minimum absolute atomic E-state index is 0.187. The molecule has 2 heteroatoms. The normalized spacial score (nSPS) is 13.6. The van der Waals surface area contributed by atoms with Crippen LogP contribution in [-0.4, -0.2) is 4.57 Å². The first kappa shape index (κ1) is 29.0. The fourth-order valence-corrected chi connectivity index (χ4v) is 9.84. The van der Waals surface area contributed by atoms with Crippen molar-refractivity contribution in [2.75, 3.05) is 0 Å². The number of fused-ring (bicyclic) bond motifs is 17. The molecular weight excluding hydrogens is 643 g/mol. The van der Waals surface area contributed by atoms with Gasteiger partial charge in [-0.3, -0.25) is 0 Å². The first-order valence-electron chi connectivity index (χ1n) is 18.5. The Morgan fingerprint density at radius 3 is 1.77 bits per heavy atom. The van der Waals surface area contributed by atoms with E-state index in [2.05, 4.69) is 182 Å². The van der Waals surface area contributed by atoms with Gasteiger partial charge in [-0.25, -0.2) is 0 Å². The lowest BCUT2D eigenvalue weighted by atomic mass is 9.80. The Morgan fingerprint density at radius 2 is 1.04 bits per heavy atom. The molecule has 2 aromatic heterocycles. The van der Waals surface area contributed by atoms with Crippen molar-refractivity contribution in [2.45, 2.75) is 19.3 Å². The summed E-state index contributed by atoms with van der Waals surface area (Å²) in [6.07, 6.45) is 0. The molecule has 0 unspecified atom stereocenters. The van der Waals surface area contributed by atoms with E-state index in [4.69, 9.17) is 4.42 Å². The molecule has 0 fully saturated rings. The summed E-state index contributed by atoms with van der Waals surface area (Å²) < 4.78 is 8.83. The van der Waals surface area contributed by atoms with Crippen molar-refractivity contribution in [1.82, 2.24) is 4.57 Å². The lowest BCUT2D eigenvalue weighted by molar-refractivity contribution is 0.657. The summed E-state index contributed by atoms with van der Waals surface area (Å²) in [5, 5.41) is 12.8. The van der Waals surface area contributed by atoms with Crippen LogP contribution < -0.4 is 0 Å². The predicted octanol–water partition coefficient (Wildman–Crippen LogP) is 14.1. The van der Waals surface area contributed by atoms with E-state index in [-0.39, 0.29) is 5.41 Å². The third-order valence-electron chi connectivity index (χ3n) is 12.2. The van der Waals surface area contributed by atoms with Gasteiger partial charge >= 0.3 is 0 Å². The van der Waals surface area contributed by atoms with Crippen LogP contribution in [0.1, 0.15) is 25.0 Å². The molecule has 9 aromatic carbocycles. The van der Waals surface area contributed by atoms with Crippen LogP contribution in [-0.2, 0) is 5.41 Å². The highest BCUT2D eigenvalue weighted by atomic mass is 16.3. The lowest BCUT2D eigenvalue weighted by Crippen LogP contribution is -2.15. The molecule has 1 aliphatic rings. The smallest absolute Gasteiger partial charge is 0.135 e. The van der Waals surface area contributed by atoms with Gasteiger partial charge in [0.15, 0.2) is 0 Å². The third-order valence-corrected chi connectivity index (χ3v) is 12.2. The number of nitrogens with zero attached hydrogens (tertiary/aromatic N) is 1. The van der Waals surface area contributed by atoms with Crippen LogP contribution in [0.25, 0.3) is 104 Å². The van der Waals surface area contributed by atoms with Crippen molar-refractivity contribution < 1.29 is 4.42 Å². The highest BCUT2D eigenvalue weighted by Gasteiger charge is 2.40. The number of aromatic nitrogens is 1. The maximum absolute atomic E-state index is 6.38. The number of hydrogen-bond donors (Lipinski definition) is 0. The molecule has 0 saturated heterocycles. The van der Waals surface area contributed by atoms with Gasteiger partial charge in [-0.2, -0.15) is 0 Å². The van der Waals surface area contributed by atoms with E-state index in [1.54, 1.807) is 0 Å². The van der Waals surface area contributed by atoms with Crippen LogP contribution >= 0.6 is 0 Å². The Balaban J connectivity index is 1.05. The topological polar surface area (TPSA) is 18.1 Å². The second-order valence-corrected chi connectivity index (χ2v) is 15.2. The fourth-order valence-electron chi connectivity index (χ4n) is 9.84. The van der Waals surface area contributed by atoms with Crippen molar-refractivity contribution in [1.29, 1.82) is 0 Å². The molecule has 2 heterocycles. The number of hydrogen-bond acceptors (Lipinski definition) is 1.